The van der Waals surface area contributed by atoms with Crippen LogP contribution in [0.25, 0.3) is 0 Å². The van der Waals surface area contributed by atoms with Gasteiger partial charge in [-0.25, -0.2) is 9.78 Å². The molecule has 3 rings (SSSR count). The highest BCUT2D eigenvalue weighted by molar-refractivity contribution is 7.09. The van der Waals surface area contributed by atoms with Gasteiger partial charge in [0.1, 0.15) is 5.01 Å². The fourth-order valence-corrected chi connectivity index (χ4v) is 3.66. The van der Waals surface area contributed by atoms with Gasteiger partial charge >= 0.3 is 5.97 Å². The Kier molecular flexibility index (Phi) is 5.62. The Morgan fingerprint density at radius 3 is 2.89 bits per heavy atom. The molecule has 2 heterocycles. The zero-order valence-electron chi connectivity index (χ0n) is 14.7. The van der Waals surface area contributed by atoms with Crippen LogP contribution >= 0.6 is 11.3 Å². The summed E-state index contributed by atoms with van der Waals surface area (Å²) >= 11 is 1.23. The second-order valence-corrected chi connectivity index (χ2v) is 7.02. The van der Waals surface area contributed by atoms with Gasteiger partial charge < -0.3 is 9.64 Å². The summed E-state index contributed by atoms with van der Waals surface area (Å²) in [5.41, 5.74) is 1.61. The minimum absolute atomic E-state index is 0.0197. The summed E-state index contributed by atoms with van der Waals surface area (Å²) in [7, 11) is 0. The van der Waals surface area contributed by atoms with E-state index in [4.69, 9.17) is 4.74 Å². The molecule has 0 saturated carbocycles. The van der Waals surface area contributed by atoms with Crippen LogP contribution in [0.1, 0.15) is 39.8 Å². The molecule has 1 amide bonds. The molecule has 0 radical (unpaired) electrons. The van der Waals surface area contributed by atoms with E-state index >= 15 is 0 Å². The minimum atomic E-state index is -1.05. The predicted octanol–water partition coefficient (Wildman–Crippen LogP) is 2.61. The highest BCUT2D eigenvalue weighted by Gasteiger charge is 2.25. The van der Waals surface area contributed by atoms with Crippen LogP contribution < -0.4 is 4.90 Å². The van der Waals surface area contributed by atoms with Crippen molar-refractivity contribution in [3.63, 3.8) is 0 Å². The first-order chi connectivity index (χ1) is 13.0. The third-order valence-electron chi connectivity index (χ3n) is 4.15. The topological polar surface area (TPSA) is 100 Å². The predicted molar refractivity (Wildman–Crippen MR) is 98.5 cm³/mol. The van der Waals surface area contributed by atoms with Crippen molar-refractivity contribution in [1.29, 1.82) is 5.26 Å². The average molecular weight is 383 g/mol. The van der Waals surface area contributed by atoms with Crippen LogP contribution in [-0.4, -0.2) is 35.8 Å². The maximum Gasteiger partial charge on any atom is 0.338 e. The van der Waals surface area contributed by atoms with Crippen LogP contribution in [-0.2, 0) is 14.3 Å². The number of nitrogens with zero attached hydrogens (tertiary/aromatic N) is 3. The number of hydrogen-bond acceptors (Lipinski definition) is 7. The first-order valence-corrected chi connectivity index (χ1v) is 9.29. The van der Waals surface area contributed by atoms with E-state index < -0.39 is 24.3 Å². The van der Waals surface area contributed by atoms with Crippen LogP contribution in [0.4, 0.5) is 5.69 Å². The molecule has 1 atom stereocenters. The monoisotopic (exact) mass is 383 g/mol. The van der Waals surface area contributed by atoms with Gasteiger partial charge in [-0.05, 0) is 31.5 Å². The molecule has 0 bridgehead atoms. The molecular weight excluding hydrogens is 366 g/mol. The van der Waals surface area contributed by atoms with Gasteiger partial charge in [-0.3, -0.25) is 9.59 Å². The first-order valence-electron chi connectivity index (χ1n) is 8.41. The summed E-state index contributed by atoms with van der Waals surface area (Å²) in [6.07, 6.45) is 1.28. The molecule has 1 aromatic heterocycles. The van der Waals surface area contributed by atoms with E-state index in [-0.39, 0.29) is 11.5 Å². The average Bonchev–Trinajstić information content (AvgIpc) is 3.29. The number of Topliss-reactive ketones (excluding diaryl/α,β-unsaturated/α-hetero) is 1. The Hall–Kier alpha value is -3.05. The number of thiazole rings is 1. The van der Waals surface area contributed by atoms with Crippen LogP contribution in [0, 0.1) is 18.3 Å². The second kappa shape index (κ2) is 8.10. The van der Waals surface area contributed by atoms with Crippen molar-refractivity contribution in [2.75, 3.05) is 18.1 Å². The molecule has 0 spiro atoms. The number of benzene rings is 1. The van der Waals surface area contributed by atoms with Crippen LogP contribution in [0.3, 0.4) is 0 Å². The molecule has 1 aliphatic rings. The van der Waals surface area contributed by atoms with Crippen molar-refractivity contribution in [2.24, 2.45) is 0 Å². The van der Waals surface area contributed by atoms with Crippen molar-refractivity contribution in [1.82, 2.24) is 4.98 Å². The second-order valence-electron chi connectivity index (χ2n) is 6.13. The summed E-state index contributed by atoms with van der Waals surface area (Å²) in [4.78, 5) is 42.1. The number of carbonyl (C=O) groups excluding carboxylic acids is 3. The molecule has 0 unspecified atom stereocenters. The molecule has 138 valence electrons. The normalized spacial score (nSPS) is 14.7. The Morgan fingerprint density at radius 2 is 2.26 bits per heavy atom. The van der Waals surface area contributed by atoms with E-state index in [1.165, 1.54) is 11.3 Å². The van der Waals surface area contributed by atoms with Crippen molar-refractivity contribution < 1.29 is 19.1 Å². The van der Waals surface area contributed by atoms with E-state index in [0.717, 1.165) is 12.1 Å². The highest BCUT2D eigenvalue weighted by atomic mass is 32.1. The number of aryl methyl sites for hydroxylation is 1. The van der Waals surface area contributed by atoms with Gasteiger partial charge in [0.15, 0.2) is 18.3 Å². The van der Waals surface area contributed by atoms with Gasteiger partial charge in [0.25, 0.3) is 0 Å². The summed E-state index contributed by atoms with van der Waals surface area (Å²) < 4.78 is 5.08. The number of esters is 1. The summed E-state index contributed by atoms with van der Waals surface area (Å²) in [6, 6.07) is 8.45. The summed E-state index contributed by atoms with van der Waals surface area (Å²) in [6.45, 7) is 1.88. The lowest BCUT2D eigenvalue weighted by atomic mass is 10.1. The lowest BCUT2D eigenvalue weighted by Gasteiger charge is -2.16. The highest BCUT2D eigenvalue weighted by Crippen LogP contribution is 2.23. The fraction of sp³-hybridized carbons (Fsp3) is 0.316. The smallest absolute Gasteiger partial charge is 0.338 e. The van der Waals surface area contributed by atoms with Gasteiger partial charge in [0.2, 0.25) is 5.91 Å². The zero-order valence-corrected chi connectivity index (χ0v) is 15.5. The molecule has 1 fully saturated rings. The van der Waals surface area contributed by atoms with E-state index in [1.54, 1.807) is 41.5 Å². The SMILES string of the molecule is Cc1csc([C@@H](C#N)C(=O)COC(=O)c2cccc(N3CCCC3=O)c2)n1. The molecule has 1 aliphatic heterocycles. The van der Waals surface area contributed by atoms with E-state index in [2.05, 4.69) is 4.98 Å². The molecule has 8 heteroatoms. The van der Waals surface area contributed by atoms with Crippen molar-refractivity contribution >= 4 is 34.7 Å². The standard InChI is InChI=1S/C19H17N3O4S/c1-12-11-27-18(21-12)15(9-20)16(23)10-26-19(25)13-4-2-5-14(8-13)22-7-3-6-17(22)24/h2,4-5,8,11,15H,3,6-7,10H2,1H3/t15-/m0/s1. The largest absolute Gasteiger partial charge is 0.454 e. The summed E-state index contributed by atoms with van der Waals surface area (Å²) in [5.74, 6) is -2.23. The molecular formula is C19H17N3O4S. The van der Waals surface area contributed by atoms with Gasteiger partial charge in [-0.1, -0.05) is 6.07 Å². The van der Waals surface area contributed by atoms with Crippen LogP contribution in [0.15, 0.2) is 29.6 Å². The van der Waals surface area contributed by atoms with Crippen LogP contribution in [0.5, 0.6) is 0 Å². The van der Waals surface area contributed by atoms with Crippen molar-refractivity contribution in [3.05, 3.63) is 45.9 Å². The van der Waals surface area contributed by atoms with Gasteiger partial charge in [0.05, 0.1) is 11.6 Å². The van der Waals surface area contributed by atoms with E-state index in [1.807, 2.05) is 6.07 Å². The molecule has 0 N–H and O–H groups in total. The number of rotatable bonds is 6. The zero-order chi connectivity index (χ0) is 19.4. The number of carbonyl (C=O) groups is 3. The number of nitriles is 1. The Balaban J connectivity index is 1.64. The number of amides is 1. The number of ketones is 1. The van der Waals surface area contributed by atoms with E-state index in [9.17, 15) is 19.6 Å². The quantitative estimate of drug-likeness (QED) is 0.711. The fourth-order valence-electron chi connectivity index (χ4n) is 2.79. The maximum atomic E-state index is 12.3. The molecule has 2 aromatic rings. The van der Waals surface area contributed by atoms with Gasteiger partial charge in [-0.15, -0.1) is 11.3 Å². The number of aromatic nitrogens is 1. The molecule has 27 heavy (non-hydrogen) atoms. The van der Waals surface area contributed by atoms with E-state index in [0.29, 0.717) is 23.7 Å². The lowest BCUT2D eigenvalue weighted by Crippen LogP contribution is -2.24. The molecule has 7 nitrogen and oxygen atoms in total. The summed E-state index contributed by atoms with van der Waals surface area (Å²) in [5, 5.41) is 11.4. The first kappa shape index (κ1) is 18.7. The Bertz CT molecular complexity index is 931. The van der Waals surface area contributed by atoms with Crippen molar-refractivity contribution in [2.45, 2.75) is 25.7 Å². The third kappa shape index (κ3) is 4.20. The molecule has 1 saturated heterocycles. The minimum Gasteiger partial charge on any atom is -0.454 e. The third-order valence-corrected chi connectivity index (χ3v) is 5.17. The van der Waals surface area contributed by atoms with Crippen molar-refractivity contribution in [3.8, 4) is 6.07 Å². The van der Waals surface area contributed by atoms with Gasteiger partial charge in [-0.2, -0.15) is 5.26 Å². The number of ether oxygens (including phenoxy) is 1. The number of hydrogen-bond donors (Lipinski definition) is 0. The van der Waals surface area contributed by atoms with Crippen LogP contribution in [0.2, 0.25) is 0 Å². The molecule has 0 aliphatic carbocycles. The lowest BCUT2D eigenvalue weighted by molar-refractivity contribution is -0.122. The maximum absolute atomic E-state index is 12.3. The number of anilines is 1. The Labute approximate surface area is 160 Å². The Morgan fingerprint density at radius 1 is 1.44 bits per heavy atom. The molecule has 1 aromatic carbocycles. The van der Waals surface area contributed by atoms with Gasteiger partial charge in [0, 0.05) is 29.7 Å².